The van der Waals surface area contributed by atoms with Crippen molar-refractivity contribution in [3.8, 4) is 11.3 Å². The molecule has 9 nitrogen and oxygen atoms in total. The molecule has 3 N–H and O–H groups in total. The molecule has 6 rings (SSSR count). The number of carbonyl (C=O) groups excluding carboxylic acids is 2. The minimum Gasteiger partial charge on any atom is -0.351 e. The molecule has 2 aliphatic rings. The van der Waals surface area contributed by atoms with E-state index in [0.29, 0.717) is 34.5 Å². The summed E-state index contributed by atoms with van der Waals surface area (Å²) in [6.07, 6.45) is 1.84. The molecule has 3 aromatic carbocycles. The molecule has 1 fully saturated rings. The first-order valence-electron chi connectivity index (χ1n) is 14.1. The van der Waals surface area contributed by atoms with Crippen molar-refractivity contribution >= 4 is 40.7 Å². The van der Waals surface area contributed by atoms with Crippen LogP contribution in [0.3, 0.4) is 0 Å². The third kappa shape index (κ3) is 6.76. The number of carbonyl (C=O) groups is 2. The number of aromatic nitrogens is 2. The Bertz CT molecular complexity index is 1570. The normalized spacial score (nSPS) is 15.2. The van der Waals surface area contributed by atoms with Crippen molar-refractivity contribution in [3.05, 3.63) is 101 Å². The molecule has 0 radical (unpaired) electrons. The molecule has 214 valence electrons. The van der Waals surface area contributed by atoms with Gasteiger partial charge in [0.25, 0.3) is 5.91 Å². The van der Waals surface area contributed by atoms with Gasteiger partial charge in [-0.05, 0) is 48.0 Å². The zero-order chi connectivity index (χ0) is 28.9. The van der Waals surface area contributed by atoms with Crippen molar-refractivity contribution in [2.24, 2.45) is 0 Å². The SMILES string of the molecule is O=C1Cc2cnc(Nc3ccc(C(=O)NCCN4CCN(Cc5ccccc5)CC4)cc3)nc2-c2ccc(Cl)cc2N1. The van der Waals surface area contributed by atoms with Crippen molar-refractivity contribution in [1.29, 1.82) is 0 Å². The smallest absolute Gasteiger partial charge is 0.251 e. The van der Waals surface area contributed by atoms with Gasteiger partial charge < -0.3 is 16.0 Å². The fourth-order valence-corrected chi connectivity index (χ4v) is 5.47. The highest BCUT2D eigenvalue weighted by atomic mass is 35.5. The van der Waals surface area contributed by atoms with Gasteiger partial charge in [0.15, 0.2) is 0 Å². The molecule has 3 heterocycles. The fraction of sp³-hybridized carbons (Fsp3) is 0.250. The first kappa shape index (κ1) is 27.8. The summed E-state index contributed by atoms with van der Waals surface area (Å²) in [6, 6.07) is 23.1. The van der Waals surface area contributed by atoms with Crippen LogP contribution in [0.1, 0.15) is 21.5 Å². The number of nitrogens with one attached hydrogen (secondary N) is 3. The Morgan fingerprint density at radius 3 is 2.50 bits per heavy atom. The molecule has 0 unspecified atom stereocenters. The molecule has 2 amide bonds. The van der Waals surface area contributed by atoms with Gasteiger partial charge in [0, 0.05) is 79.4 Å². The van der Waals surface area contributed by atoms with E-state index in [4.69, 9.17) is 16.6 Å². The van der Waals surface area contributed by atoms with Crippen molar-refractivity contribution in [1.82, 2.24) is 25.1 Å². The van der Waals surface area contributed by atoms with Crippen LogP contribution < -0.4 is 16.0 Å². The number of rotatable bonds is 8. The quantitative estimate of drug-likeness (QED) is 0.280. The Morgan fingerprint density at radius 2 is 1.71 bits per heavy atom. The summed E-state index contributed by atoms with van der Waals surface area (Å²) in [5, 5.41) is 9.66. The maximum absolute atomic E-state index is 12.7. The Hall–Kier alpha value is -4.31. The van der Waals surface area contributed by atoms with E-state index >= 15 is 0 Å². The molecule has 42 heavy (non-hydrogen) atoms. The van der Waals surface area contributed by atoms with Crippen LogP contribution in [0.2, 0.25) is 5.02 Å². The number of piperazine rings is 1. The highest BCUT2D eigenvalue weighted by Gasteiger charge is 2.21. The monoisotopic (exact) mass is 581 g/mol. The highest BCUT2D eigenvalue weighted by molar-refractivity contribution is 6.31. The van der Waals surface area contributed by atoms with Crippen LogP contribution >= 0.6 is 11.6 Å². The number of hydrogen-bond acceptors (Lipinski definition) is 7. The zero-order valence-corrected chi connectivity index (χ0v) is 23.9. The number of fused-ring (bicyclic) bond motifs is 3. The second-order valence-electron chi connectivity index (χ2n) is 10.5. The van der Waals surface area contributed by atoms with Gasteiger partial charge in [-0.2, -0.15) is 0 Å². The van der Waals surface area contributed by atoms with Gasteiger partial charge in [0.05, 0.1) is 17.8 Å². The summed E-state index contributed by atoms with van der Waals surface area (Å²) in [5.41, 5.74) is 5.50. The molecule has 0 aliphatic carbocycles. The summed E-state index contributed by atoms with van der Waals surface area (Å²) in [6.45, 7) is 6.47. The predicted molar refractivity (Wildman–Crippen MR) is 165 cm³/mol. The number of benzene rings is 3. The number of nitrogens with zero attached hydrogens (tertiary/aromatic N) is 4. The predicted octanol–water partition coefficient (Wildman–Crippen LogP) is 4.58. The lowest BCUT2D eigenvalue weighted by Gasteiger charge is -2.34. The van der Waals surface area contributed by atoms with Crippen molar-refractivity contribution in [3.63, 3.8) is 0 Å². The summed E-state index contributed by atoms with van der Waals surface area (Å²) >= 11 is 6.14. The topological polar surface area (TPSA) is 102 Å². The highest BCUT2D eigenvalue weighted by Crippen LogP contribution is 2.34. The second-order valence-corrected chi connectivity index (χ2v) is 11.0. The Morgan fingerprint density at radius 1 is 0.952 bits per heavy atom. The van der Waals surface area contributed by atoms with Crippen molar-refractivity contribution < 1.29 is 9.59 Å². The van der Waals surface area contributed by atoms with Crippen LogP contribution in [0.25, 0.3) is 11.3 Å². The molecule has 2 aliphatic heterocycles. The van der Waals surface area contributed by atoms with Crippen LogP contribution in [-0.4, -0.2) is 70.9 Å². The zero-order valence-electron chi connectivity index (χ0n) is 23.1. The van der Waals surface area contributed by atoms with Crippen LogP contribution in [0.5, 0.6) is 0 Å². The van der Waals surface area contributed by atoms with Gasteiger partial charge in [-0.1, -0.05) is 41.9 Å². The van der Waals surface area contributed by atoms with Crippen LogP contribution in [-0.2, 0) is 17.8 Å². The summed E-state index contributed by atoms with van der Waals surface area (Å²) in [7, 11) is 0. The van der Waals surface area contributed by atoms with E-state index in [9.17, 15) is 9.59 Å². The molecular weight excluding hydrogens is 550 g/mol. The second kappa shape index (κ2) is 12.7. The number of anilines is 3. The lowest BCUT2D eigenvalue weighted by molar-refractivity contribution is -0.115. The first-order chi connectivity index (χ1) is 20.5. The number of amides is 2. The lowest BCUT2D eigenvalue weighted by Crippen LogP contribution is -2.48. The van der Waals surface area contributed by atoms with Gasteiger partial charge in [0.2, 0.25) is 11.9 Å². The number of hydrogen-bond donors (Lipinski definition) is 3. The minimum absolute atomic E-state index is 0.0991. The fourth-order valence-electron chi connectivity index (χ4n) is 5.30. The average molecular weight is 582 g/mol. The molecular formula is C32H32ClN7O2. The van der Waals surface area contributed by atoms with E-state index < -0.39 is 0 Å². The van der Waals surface area contributed by atoms with Gasteiger partial charge >= 0.3 is 0 Å². The van der Waals surface area contributed by atoms with Crippen LogP contribution in [0, 0.1) is 0 Å². The van der Waals surface area contributed by atoms with Crippen molar-refractivity contribution in [2.45, 2.75) is 13.0 Å². The maximum atomic E-state index is 12.7. The molecule has 10 heteroatoms. The van der Waals surface area contributed by atoms with E-state index in [1.807, 2.05) is 24.3 Å². The standard InChI is InChI=1S/C32H32ClN7O2/c33-25-8-11-27-28(19-25)37-29(41)18-24-20-35-32(38-30(24)27)36-26-9-6-23(7-10-26)31(42)34-12-13-39-14-16-40(17-15-39)21-22-4-2-1-3-5-22/h1-11,19-20H,12-18,21H2,(H,34,42)(H,37,41)(H,35,36,38). The van der Waals surface area contributed by atoms with E-state index in [1.54, 1.807) is 30.5 Å². The summed E-state index contributed by atoms with van der Waals surface area (Å²) < 4.78 is 0. The van der Waals surface area contributed by atoms with Crippen LogP contribution in [0.15, 0.2) is 79.0 Å². The molecule has 0 saturated carbocycles. The minimum atomic E-state index is -0.142. The molecule has 0 spiro atoms. The Balaban J connectivity index is 1.00. The molecule has 0 atom stereocenters. The van der Waals surface area contributed by atoms with E-state index in [2.05, 4.69) is 55.0 Å². The van der Waals surface area contributed by atoms with E-state index in [0.717, 1.165) is 56.1 Å². The third-order valence-corrected chi connectivity index (χ3v) is 7.79. The molecule has 1 aromatic heterocycles. The third-order valence-electron chi connectivity index (χ3n) is 7.56. The van der Waals surface area contributed by atoms with E-state index in [-0.39, 0.29) is 18.2 Å². The van der Waals surface area contributed by atoms with Gasteiger partial charge in [-0.25, -0.2) is 9.97 Å². The molecule has 0 bridgehead atoms. The average Bonchev–Trinajstić information content (AvgIpc) is 3.13. The Labute approximate surface area is 249 Å². The number of halogens is 1. The Kier molecular flexibility index (Phi) is 8.41. The summed E-state index contributed by atoms with van der Waals surface area (Å²) in [5.74, 6) is 0.153. The molecule has 1 saturated heterocycles. The maximum Gasteiger partial charge on any atom is 0.251 e. The first-order valence-corrected chi connectivity index (χ1v) is 14.5. The van der Waals surface area contributed by atoms with Gasteiger partial charge in [-0.3, -0.25) is 19.4 Å². The molecule has 4 aromatic rings. The van der Waals surface area contributed by atoms with Gasteiger partial charge in [0.1, 0.15) is 0 Å². The van der Waals surface area contributed by atoms with Gasteiger partial charge in [-0.15, -0.1) is 0 Å². The van der Waals surface area contributed by atoms with Crippen LogP contribution in [0.4, 0.5) is 17.3 Å². The lowest BCUT2D eigenvalue weighted by atomic mass is 10.1. The largest absolute Gasteiger partial charge is 0.351 e. The van der Waals surface area contributed by atoms with Crippen molar-refractivity contribution in [2.75, 3.05) is 49.9 Å². The summed E-state index contributed by atoms with van der Waals surface area (Å²) in [4.78, 5) is 39.1. The van der Waals surface area contributed by atoms with E-state index in [1.165, 1.54) is 5.56 Å².